The van der Waals surface area contributed by atoms with Crippen LogP contribution < -0.4 is 0 Å². The Bertz CT molecular complexity index is 821. The maximum Gasteiger partial charge on any atom is 0.248 e. The highest BCUT2D eigenvalue weighted by molar-refractivity contribution is 8.00. The highest BCUT2D eigenvalue weighted by atomic mass is 35.5. The van der Waals surface area contributed by atoms with E-state index in [2.05, 4.69) is 0 Å². The first-order chi connectivity index (χ1) is 11.6. The van der Waals surface area contributed by atoms with Crippen LogP contribution in [-0.4, -0.2) is 5.78 Å². The Morgan fingerprint density at radius 1 is 0.833 bits per heavy atom. The van der Waals surface area contributed by atoms with Gasteiger partial charge in [0, 0.05) is 21.0 Å². The largest absolute Gasteiger partial charge is 0.289 e. The van der Waals surface area contributed by atoms with E-state index in [-0.39, 0.29) is 0 Å². The van der Waals surface area contributed by atoms with Crippen LogP contribution in [0.1, 0.15) is 15.9 Å². The lowest BCUT2D eigenvalue weighted by molar-refractivity contribution is 0.0837. The van der Waals surface area contributed by atoms with Crippen LogP contribution in [0.25, 0.3) is 0 Å². The molecule has 1 unspecified atom stereocenters. The fourth-order valence-corrected chi connectivity index (χ4v) is 3.52. The van der Waals surface area contributed by atoms with Crippen LogP contribution in [0, 0.1) is 0 Å². The van der Waals surface area contributed by atoms with Gasteiger partial charge < -0.3 is 0 Å². The minimum absolute atomic E-state index is 0.318. The number of ketones is 1. The molecule has 0 amide bonds. The second kappa shape index (κ2) is 7.20. The molecule has 0 aliphatic rings. The van der Waals surface area contributed by atoms with Crippen molar-refractivity contribution in [1.29, 1.82) is 0 Å². The van der Waals surface area contributed by atoms with E-state index in [0.717, 1.165) is 11.8 Å². The van der Waals surface area contributed by atoms with Crippen LogP contribution >= 0.6 is 23.4 Å². The molecule has 0 aliphatic heterocycles. The number of halogens is 2. The summed E-state index contributed by atoms with van der Waals surface area (Å²) in [6.07, 6.45) is 0. The molecular formula is C20H14ClFOS. The van der Waals surface area contributed by atoms with E-state index >= 15 is 4.39 Å². The third-order valence-electron chi connectivity index (χ3n) is 3.55. The lowest BCUT2D eigenvalue weighted by Gasteiger charge is -2.24. The first-order valence-electron chi connectivity index (χ1n) is 7.38. The summed E-state index contributed by atoms with van der Waals surface area (Å²) in [7, 11) is 0. The highest BCUT2D eigenvalue weighted by Crippen LogP contribution is 2.45. The molecule has 3 aromatic carbocycles. The molecule has 3 rings (SSSR count). The van der Waals surface area contributed by atoms with Crippen molar-refractivity contribution in [3.05, 3.63) is 101 Å². The highest BCUT2D eigenvalue weighted by Gasteiger charge is 2.42. The minimum atomic E-state index is -2.21. The second-order valence-electron chi connectivity index (χ2n) is 5.21. The van der Waals surface area contributed by atoms with Gasteiger partial charge in [0.25, 0.3) is 0 Å². The summed E-state index contributed by atoms with van der Waals surface area (Å²) < 4.78 is 16.0. The third kappa shape index (κ3) is 3.53. The predicted octanol–water partition coefficient (Wildman–Crippen LogP) is 6.14. The summed E-state index contributed by atoms with van der Waals surface area (Å²) in [5, 5.41) is -1.64. The zero-order valence-corrected chi connectivity index (χ0v) is 14.2. The van der Waals surface area contributed by atoms with Gasteiger partial charge in [0.1, 0.15) is 0 Å². The van der Waals surface area contributed by atoms with Crippen LogP contribution in [0.5, 0.6) is 0 Å². The minimum Gasteiger partial charge on any atom is -0.289 e. The zero-order chi connectivity index (χ0) is 17.0. The van der Waals surface area contributed by atoms with Crippen molar-refractivity contribution < 1.29 is 9.18 Å². The molecule has 0 aliphatic carbocycles. The monoisotopic (exact) mass is 356 g/mol. The molecular weight excluding hydrogens is 343 g/mol. The lowest BCUT2D eigenvalue weighted by atomic mass is 10.0. The summed E-state index contributed by atoms with van der Waals surface area (Å²) in [5.41, 5.74) is 0.657. The lowest BCUT2D eigenvalue weighted by Crippen LogP contribution is -2.27. The molecule has 0 radical (unpaired) electrons. The topological polar surface area (TPSA) is 17.1 Å². The van der Waals surface area contributed by atoms with Crippen molar-refractivity contribution in [2.24, 2.45) is 0 Å². The van der Waals surface area contributed by atoms with E-state index in [0.29, 0.717) is 21.0 Å². The first kappa shape index (κ1) is 16.7. The van der Waals surface area contributed by atoms with Gasteiger partial charge in [-0.25, -0.2) is 4.39 Å². The van der Waals surface area contributed by atoms with E-state index in [9.17, 15) is 4.79 Å². The van der Waals surface area contributed by atoms with Crippen molar-refractivity contribution in [1.82, 2.24) is 0 Å². The Kier molecular flexibility index (Phi) is 5.03. The predicted molar refractivity (Wildman–Crippen MR) is 97.3 cm³/mol. The molecule has 1 nitrogen and oxygen atoms in total. The van der Waals surface area contributed by atoms with Gasteiger partial charge in [-0.1, -0.05) is 84.0 Å². The van der Waals surface area contributed by atoms with E-state index in [1.807, 2.05) is 0 Å². The molecule has 120 valence electrons. The fraction of sp³-hybridized carbons (Fsp3) is 0.0500. The van der Waals surface area contributed by atoms with Gasteiger partial charge in [0.2, 0.25) is 10.8 Å². The Morgan fingerprint density at radius 2 is 1.38 bits per heavy atom. The van der Waals surface area contributed by atoms with E-state index in [4.69, 9.17) is 11.6 Å². The van der Waals surface area contributed by atoms with Crippen molar-refractivity contribution >= 4 is 29.1 Å². The summed E-state index contributed by atoms with van der Waals surface area (Å²) in [5.74, 6) is -0.575. The Morgan fingerprint density at radius 3 is 1.96 bits per heavy atom. The van der Waals surface area contributed by atoms with Crippen LogP contribution in [-0.2, 0) is 5.00 Å². The molecule has 0 aromatic heterocycles. The number of carbonyl (C=O) groups excluding carboxylic acids is 1. The van der Waals surface area contributed by atoms with Gasteiger partial charge in [0.15, 0.2) is 0 Å². The molecule has 0 spiro atoms. The molecule has 24 heavy (non-hydrogen) atoms. The van der Waals surface area contributed by atoms with E-state index in [1.54, 1.807) is 84.9 Å². The van der Waals surface area contributed by atoms with Gasteiger partial charge >= 0.3 is 0 Å². The van der Waals surface area contributed by atoms with Crippen molar-refractivity contribution in [2.45, 2.75) is 9.90 Å². The maximum absolute atomic E-state index is 16.0. The molecule has 4 heteroatoms. The molecule has 0 N–H and O–H groups in total. The number of rotatable bonds is 5. The number of Topliss-reactive ketones (excluding diaryl/α,β-unsaturated/α-hetero) is 1. The quantitative estimate of drug-likeness (QED) is 0.403. The fourth-order valence-electron chi connectivity index (χ4n) is 2.33. The summed E-state index contributed by atoms with van der Waals surface area (Å²) in [4.78, 5) is 13.6. The number of hydrogen-bond acceptors (Lipinski definition) is 2. The Hall–Kier alpha value is -2.10. The standard InChI is InChI=1S/C20H14ClFOS/c21-17-11-13-18(14-12-17)24-20(22,16-9-5-2-6-10-16)19(23)15-7-3-1-4-8-15/h1-14H. The average molecular weight is 357 g/mol. The van der Waals surface area contributed by atoms with Crippen molar-refractivity contribution in [3.8, 4) is 0 Å². The molecule has 3 aromatic rings. The molecule has 0 fully saturated rings. The molecule has 0 saturated carbocycles. The summed E-state index contributed by atoms with van der Waals surface area (Å²) >= 11 is 6.77. The number of alkyl halides is 1. The Balaban J connectivity index is 2.04. The van der Waals surface area contributed by atoms with E-state index in [1.165, 1.54) is 0 Å². The summed E-state index contributed by atoms with van der Waals surface area (Å²) in [6.45, 7) is 0. The van der Waals surface area contributed by atoms with Crippen LogP contribution in [0.3, 0.4) is 0 Å². The van der Waals surface area contributed by atoms with Gasteiger partial charge in [-0.3, -0.25) is 4.79 Å². The van der Waals surface area contributed by atoms with Crippen LogP contribution in [0.2, 0.25) is 5.02 Å². The molecule has 0 bridgehead atoms. The first-order valence-corrected chi connectivity index (χ1v) is 8.58. The number of benzene rings is 3. The normalized spacial score (nSPS) is 13.2. The zero-order valence-electron chi connectivity index (χ0n) is 12.7. The number of hydrogen-bond donors (Lipinski definition) is 0. The van der Waals surface area contributed by atoms with Gasteiger partial charge in [0.05, 0.1) is 0 Å². The maximum atomic E-state index is 16.0. The SMILES string of the molecule is O=C(c1ccccc1)C(F)(Sc1ccc(Cl)cc1)c1ccccc1. The van der Waals surface area contributed by atoms with Crippen molar-refractivity contribution in [3.63, 3.8) is 0 Å². The molecule has 0 heterocycles. The average Bonchev–Trinajstić information content (AvgIpc) is 2.64. The van der Waals surface area contributed by atoms with Crippen LogP contribution in [0.15, 0.2) is 89.8 Å². The molecule has 1 atom stereocenters. The van der Waals surface area contributed by atoms with Gasteiger partial charge in [-0.2, -0.15) is 0 Å². The summed E-state index contributed by atoms with van der Waals surface area (Å²) in [6, 6.07) is 23.8. The van der Waals surface area contributed by atoms with Gasteiger partial charge in [-0.05, 0) is 24.3 Å². The van der Waals surface area contributed by atoms with Crippen LogP contribution in [0.4, 0.5) is 4.39 Å². The van der Waals surface area contributed by atoms with Gasteiger partial charge in [-0.15, -0.1) is 0 Å². The van der Waals surface area contributed by atoms with Crippen molar-refractivity contribution in [2.75, 3.05) is 0 Å². The number of carbonyl (C=O) groups is 1. The third-order valence-corrected chi connectivity index (χ3v) is 5.01. The second-order valence-corrected chi connectivity index (χ2v) is 6.89. The molecule has 0 saturated heterocycles. The smallest absolute Gasteiger partial charge is 0.248 e. The number of thioether (sulfide) groups is 1. The Labute approximate surface area is 149 Å². The van der Waals surface area contributed by atoms with E-state index < -0.39 is 10.8 Å².